The van der Waals surface area contributed by atoms with Crippen molar-refractivity contribution < 1.29 is 4.74 Å². The van der Waals surface area contributed by atoms with Crippen molar-refractivity contribution in [1.82, 2.24) is 0 Å². The molecule has 0 atom stereocenters. The van der Waals surface area contributed by atoms with Gasteiger partial charge in [-0.05, 0) is 65.6 Å². The first-order chi connectivity index (χ1) is 14.9. The average molecular weight is 416 g/mol. The molecule has 0 aliphatic carbocycles. The lowest BCUT2D eigenvalue weighted by molar-refractivity contribution is 0.307. The van der Waals surface area contributed by atoms with E-state index < -0.39 is 0 Å². The van der Waals surface area contributed by atoms with Gasteiger partial charge in [-0.3, -0.25) is 0 Å². The summed E-state index contributed by atoms with van der Waals surface area (Å²) in [6.45, 7) is 15.1. The van der Waals surface area contributed by atoms with Gasteiger partial charge >= 0.3 is 0 Å². The molecule has 2 nitrogen and oxygen atoms in total. The molecule has 3 aromatic rings. The van der Waals surface area contributed by atoms with Gasteiger partial charge in [-0.2, -0.15) is 0 Å². The summed E-state index contributed by atoms with van der Waals surface area (Å²) in [6.07, 6.45) is 1.11. The second-order valence-corrected chi connectivity index (χ2v) is 9.00. The third-order valence-electron chi connectivity index (χ3n) is 5.68. The van der Waals surface area contributed by atoms with Gasteiger partial charge in [0.25, 0.3) is 0 Å². The fourth-order valence-electron chi connectivity index (χ4n) is 4.13. The number of hydrogen-bond donors (Lipinski definition) is 1. The quantitative estimate of drug-likeness (QED) is 0.379. The summed E-state index contributed by atoms with van der Waals surface area (Å²) >= 11 is 0. The summed E-state index contributed by atoms with van der Waals surface area (Å²) in [6, 6.07) is 21.5. The first-order valence-corrected chi connectivity index (χ1v) is 11.6. The van der Waals surface area contributed by atoms with Crippen LogP contribution in [0, 0.1) is 6.92 Å². The Morgan fingerprint density at radius 3 is 2.26 bits per heavy atom. The van der Waals surface area contributed by atoms with E-state index in [4.69, 9.17) is 4.74 Å². The molecule has 0 aliphatic heterocycles. The van der Waals surface area contributed by atoms with Crippen molar-refractivity contribution in [3.05, 3.63) is 82.9 Å². The first-order valence-electron chi connectivity index (χ1n) is 11.6. The standard InChI is InChI=1S/C29H37NO/c1-7-17-30-26-15-14-24(20(2)3)29(28(26)21(4)5)25-18-22(6)13-16-27(25)31-19-23-11-9-8-10-12-23/h8-16,18,20-21,30H,7,17,19H2,1-6H3. The van der Waals surface area contributed by atoms with Crippen molar-refractivity contribution in [2.75, 3.05) is 11.9 Å². The van der Waals surface area contributed by atoms with E-state index in [1.807, 2.05) is 6.07 Å². The van der Waals surface area contributed by atoms with Crippen LogP contribution in [-0.2, 0) is 6.61 Å². The largest absolute Gasteiger partial charge is 0.488 e. The lowest BCUT2D eigenvalue weighted by atomic mass is 9.83. The SMILES string of the molecule is CCCNc1ccc(C(C)C)c(-c2cc(C)ccc2OCc2ccccc2)c1C(C)C. The Hall–Kier alpha value is -2.74. The molecule has 2 heteroatoms. The molecule has 164 valence electrons. The monoisotopic (exact) mass is 415 g/mol. The van der Waals surface area contributed by atoms with Crippen molar-refractivity contribution in [3.8, 4) is 16.9 Å². The topological polar surface area (TPSA) is 21.3 Å². The third kappa shape index (κ3) is 5.50. The zero-order valence-electron chi connectivity index (χ0n) is 20.0. The third-order valence-corrected chi connectivity index (χ3v) is 5.68. The maximum Gasteiger partial charge on any atom is 0.127 e. The van der Waals surface area contributed by atoms with Crippen LogP contribution >= 0.6 is 0 Å². The average Bonchev–Trinajstić information content (AvgIpc) is 2.76. The first kappa shape index (κ1) is 22.9. The molecule has 0 aliphatic rings. The van der Waals surface area contributed by atoms with Crippen molar-refractivity contribution in [2.45, 2.75) is 66.4 Å². The highest BCUT2D eigenvalue weighted by molar-refractivity contribution is 5.82. The highest BCUT2D eigenvalue weighted by atomic mass is 16.5. The number of ether oxygens (including phenoxy) is 1. The van der Waals surface area contributed by atoms with Gasteiger partial charge < -0.3 is 10.1 Å². The highest BCUT2D eigenvalue weighted by Crippen LogP contribution is 2.44. The van der Waals surface area contributed by atoms with E-state index in [1.165, 1.54) is 39.1 Å². The van der Waals surface area contributed by atoms with Gasteiger partial charge in [-0.15, -0.1) is 0 Å². The number of rotatable bonds is 9. The van der Waals surface area contributed by atoms with Crippen LogP contribution in [0.25, 0.3) is 11.1 Å². The van der Waals surface area contributed by atoms with E-state index in [0.717, 1.165) is 18.7 Å². The Bertz CT molecular complexity index is 989. The van der Waals surface area contributed by atoms with Gasteiger partial charge in [0, 0.05) is 17.8 Å². The van der Waals surface area contributed by atoms with Crippen molar-refractivity contribution in [3.63, 3.8) is 0 Å². The van der Waals surface area contributed by atoms with E-state index in [9.17, 15) is 0 Å². The molecule has 0 unspecified atom stereocenters. The van der Waals surface area contributed by atoms with Crippen LogP contribution in [0.2, 0.25) is 0 Å². The maximum absolute atomic E-state index is 6.40. The van der Waals surface area contributed by atoms with Gasteiger partial charge in [-0.1, -0.05) is 82.6 Å². The molecule has 0 saturated heterocycles. The van der Waals surface area contributed by atoms with Crippen molar-refractivity contribution >= 4 is 5.69 Å². The number of nitrogens with one attached hydrogen (secondary N) is 1. The fourth-order valence-corrected chi connectivity index (χ4v) is 4.13. The molecular formula is C29H37NO. The molecule has 0 aromatic heterocycles. The summed E-state index contributed by atoms with van der Waals surface area (Å²) in [5.41, 5.74) is 8.96. The van der Waals surface area contributed by atoms with Crippen molar-refractivity contribution in [1.29, 1.82) is 0 Å². The van der Waals surface area contributed by atoms with Crippen LogP contribution in [0.4, 0.5) is 5.69 Å². The van der Waals surface area contributed by atoms with Crippen LogP contribution in [0.5, 0.6) is 5.75 Å². The summed E-state index contributed by atoms with van der Waals surface area (Å²) < 4.78 is 6.40. The Morgan fingerprint density at radius 1 is 0.871 bits per heavy atom. The Kier molecular flexibility index (Phi) is 7.79. The number of benzene rings is 3. The minimum absolute atomic E-state index is 0.399. The van der Waals surface area contributed by atoms with Gasteiger partial charge in [0.15, 0.2) is 0 Å². The van der Waals surface area contributed by atoms with Gasteiger partial charge in [0.1, 0.15) is 12.4 Å². The fraction of sp³-hybridized carbons (Fsp3) is 0.379. The zero-order chi connectivity index (χ0) is 22.4. The predicted molar refractivity (Wildman–Crippen MR) is 134 cm³/mol. The van der Waals surface area contributed by atoms with E-state index in [2.05, 4.69) is 101 Å². The molecule has 0 saturated carbocycles. The van der Waals surface area contributed by atoms with Crippen LogP contribution in [0.15, 0.2) is 60.7 Å². The molecule has 3 rings (SSSR count). The van der Waals surface area contributed by atoms with Crippen LogP contribution in [0.1, 0.15) is 75.1 Å². The number of anilines is 1. The predicted octanol–water partition coefficient (Wildman–Crippen LogP) is 8.31. The lowest BCUT2D eigenvalue weighted by Gasteiger charge is -2.25. The molecule has 0 radical (unpaired) electrons. The summed E-state index contributed by atoms with van der Waals surface area (Å²) in [7, 11) is 0. The van der Waals surface area contributed by atoms with Crippen LogP contribution in [0.3, 0.4) is 0 Å². The van der Waals surface area contributed by atoms with Gasteiger partial charge in [0.2, 0.25) is 0 Å². The van der Waals surface area contributed by atoms with E-state index in [-0.39, 0.29) is 0 Å². The minimum Gasteiger partial charge on any atom is -0.488 e. The molecule has 0 spiro atoms. The number of aryl methyl sites for hydroxylation is 1. The smallest absolute Gasteiger partial charge is 0.127 e. The number of hydrogen-bond acceptors (Lipinski definition) is 2. The molecule has 0 fully saturated rings. The Morgan fingerprint density at radius 2 is 1.61 bits per heavy atom. The van der Waals surface area contributed by atoms with E-state index in [0.29, 0.717) is 18.4 Å². The molecular weight excluding hydrogens is 378 g/mol. The van der Waals surface area contributed by atoms with Crippen molar-refractivity contribution in [2.24, 2.45) is 0 Å². The molecule has 31 heavy (non-hydrogen) atoms. The molecule has 0 amide bonds. The molecule has 3 aromatic carbocycles. The molecule has 0 bridgehead atoms. The summed E-state index contributed by atoms with van der Waals surface area (Å²) in [5, 5.41) is 3.67. The van der Waals surface area contributed by atoms with Gasteiger partial charge in [-0.25, -0.2) is 0 Å². The van der Waals surface area contributed by atoms with Gasteiger partial charge in [0.05, 0.1) is 0 Å². The zero-order valence-corrected chi connectivity index (χ0v) is 20.0. The van der Waals surface area contributed by atoms with E-state index >= 15 is 0 Å². The highest BCUT2D eigenvalue weighted by Gasteiger charge is 2.22. The second-order valence-electron chi connectivity index (χ2n) is 9.00. The van der Waals surface area contributed by atoms with E-state index in [1.54, 1.807) is 0 Å². The summed E-state index contributed by atoms with van der Waals surface area (Å²) in [5.74, 6) is 1.77. The summed E-state index contributed by atoms with van der Waals surface area (Å²) in [4.78, 5) is 0. The molecule has 1 N–H and O–H groups in total. The lowest BCUT2D eigenvalue weighted by Crippen LogP contribution is -2.09. The Balaban J connectivity index is 2.16. The maximum atomic E-state index is 6.40. The Labute approximate surface area is 188 Å². The minimum atomic E-state index is 0.399. The second kappa shape index (κ2) is 10.5. The molecule has 0 heterocycles. The van der Waals surface area contributed by atoms with Crippen LogP contribution < -0.4 is 10.1 Å². The van der Waals surface area contributed by atoms with Crippen LogP contribution in [-0.4, -0.2) is 6.54 Å². The normalized spacial score (nSPS) is 11.2.